The number of benzene rings is 1. The fraction of sp³-hybridized carbons (Fsp3) is 0.350. The molecule has 0 spiro atoms. The number of nitrogens with two attached hydrogens (primary N) is 1. The Morgan fingerprint density at radius 2 is 1.96 bits per heavy atom. The van der Waals surface area contributed by atoms with E-state index >= 15 is 0 Å². The molecule has 1 aliphatic heterocycles. The van der Waals surface area contributed by atoms with Crippen LogP contribution in [0.2, 0.25) is 0 Å². The number of rotatable bonds is 5. The summed E-state index contributed by atoms with van der Waals surface area (Å²) < 4.78 is 11.2. The average molecular weight is 338 g/mol. The third-order valence-corrected chi connectivity index (χ3v) is 4.80. The van der Waals surface area contributed by atoms with Crippen molar-refractivity contribution in [2.75, 3.05) is 6.61 Å². The van der Waals surface area contributed by atoms with Crippen LogP contribution in [-0.2, 0) is 19.6 Å². The molecule has 0 saturated carbocycles. The second-order valence-corrected chi connectivity index (χ2v) is 6.84. The molecule has 5 heteroatoms. The van der Waals surface area contributed by atoms with Crippen molar-refractivity contribution in [3.05, 3.63) is 75.9 Å². The summed E-state index contributed by atoms with van der Waals surface area (Å²) in [6.45, 7) is 2.83. The molecule has 0 amide bonds. The molecule has 2 aliphatic rings. The van der Waals surface area contributed by atoms with Crippen LogP contribution in [-0.4, -0.2) is 17.5 Å². The number of hydrogen-bond acceptors (Lipinski definition) is 5. The molecule has 1 unspecified atom stereocenters. The molecule has 0 fully saturated rings. The Morgan fingerprint density at radius 3 is 2.60 bits per heavy atom. The molecule has 2 heterocycles. The molecular weight excluding hydrogens is 316 g/mol. The lowest BCUT2D eigenvalue weighted by Crippen LogP contribution is -2.20. The Kier molecular flexibility index (Phi) is 4.42. The van der Waals surface area contributed by atoms with Crippen LogP contribution in [0.3, 0.4) is 0 Å². The molecule has 1 aliphatic carbocycles. The molecule has 0 bridgehead atoms. The monoisotopic (exact) mass is 338 g/mol. The second kappa shape index (κ2) is 6.86. The molecule has 0 radical (unpaired) electrons. The predicted octanol–water partition coefficient (Wildman–Crippen LogP) is 2.44. The van der Waals surface area contributed by atoms with Gasteiger partial charge < -0.3 is 14.9 Å². The maximum atomic E-state index is 12.3. The van der Waals surface area contributed by atoms with E-state index in [-0.39, 0.29) is 23.1 Å². The van der Waals surface area contributed by atoms with Gasteiger partial charge in [-0.2, -0.15) is 0 Å². The third-order valence-electron chi connectivity index (χ3n) is 4.80. The van der Waals surface area contributed by atoms with E-state index in [4.69, 9.17) is 14.9 Å². The van der Waals surface area contributed by atoms with Crippen molar-refractivity contribution in [3.63, 3.8) is 0 Å². The summed E-state index contributed by atoms with van der Waals surface area (Å²) in [4.78, 5) is 14.5. The van der Waals surface area contributed by atoms with Crippen LogP contribution >= 0.6 is 0 Å². The Balaban J connectivity index is 1.36. The molecule has 130 valence electrons. The van der Waals surface area contributed by atoms with E-state index in [2.05, 4.69) is 29.2 Å². The van der Waals surface area contributed by atoms with Gasteiger partial charge in [0.05, 0.1) is 13.2 Å². The highest BCUT2D eigenvalue weighted by molar-refractivity contribution is 5.30. The fourth-order valence-corrected chi connectivity index (χ4v) is 3.49. The van der Waals surface area contributed by atoms with Crippen LogP contribution in [0.1, 0.15) is 23.3 Å². The normalized spacial score (nSPS) is 22.3. The van der Waals surface area contributed by atoms with Gasteiger partial charge in [-0.15, -0.1) is 0 Å². The van der Waals surface area contributed by atoms with Crippen molar-refractivity contribution in [1.29, 1.82) is 0 Å². The van der Waals surface area contributed by atoms with Gasteiger partial charge in [0.25, 0.3) is 0 Å². The molecule has 2 N–H and O–H groups in total. The van der Waals surface area contributed by atoms with Crippen LogP contribution in [0.4, 0.5) is 0 Å². The van der Waals surface area contributed by atoms with Crippen molar-refractivity contribution in [3.8, 4) is 5.75 Å². The molecular formula is C20H22N2O3. The average Bonchev–Trinajstić information content (AvgIpc) is 3.19. The first kappa shape index (κ1) is 16.1. The molecule has 2 atom stereocenters. The van der Waals surface area contributed by atoms with Crippen LogP contribution in [0, 0.1) is 5.92 Å². The lowest BCUT2D eigenvalue weighted by atomic mass is 10.1. The highest BCUT2D eigenvalue weighted by Gasteiger charge is 2.20. The van der Waals surface area contributed by atoms with E-state index in [9.17, 15) is 4.79 Å². The van der Waals surface area contributed by atoms with Gasteiger partial charge in [-0.1, -0.05) is 36.4 Å². The molecule has 1 aromatic heterocycles. The van der Waals surface area contributed by atoms with Gasteiger partial charge in [0.15, 0.2) is 0 Å². The summed E-state index contributed by atoms with van der Waals surface area (Å²) in [6, 6.07) is 10.0. The maximum Gasteiger partial charge on any atom is 0.227 e. The summed E-state index contributed by atoms with van der Waals surface area (Å²) in [7, 11) is 0. The molecule has 0 saturated heterocycles. The zero-order valence-electron chi connectivity index (χ0n) is 14.1. The first-order chi connectivity index (χ1) is 12.2. The summed E-state index contributed by atoms with van der Waals surface area (Å²) >= 11 is 0. The Hall–Kier alpha value is -2.37. The first-order valence-corrected chi connectivity index (χ1v) is 8.65. The van der Waals surface area contributed by atoms with Gasteiger partial charge in [-0.05, 0) is 17.5 Å². The van der Waals surface area contributed by atoms with Gasteiger partial charge in [-0.3, -0.25) is 9.69 Å². The minimum atomic E-state index is -0.135. The predicted molar refractivity (Wildman–Crippen MR) is 95.1 cm³/mol. The zero-order valence-corrected chi connectivity index (χ0v) is 14.1. The van der Waals surface area contributed by atoms with Gasteiger partial charge in [0.2, 0.25) is 11.2 Å². The maximum absolute atomic E-state index is 12.3. The quantitative estimate of drug-likeness (QED) is 0.848. The summed E-state index contributed by atoms with van der Waals surface area (Å²) in [5, 5.41) is 0. The van der Waals surface area contributed by atoms with Crippen molar-refractivity contribution in [2.45, 2.75) is 32.1 Å². The van der Waals surface area contributed by atoms with E-state index in [1.165, 1.54) is 23.5 Å². The van der Waals surface area contributed by atoms with Gasteiger partial charge in [0, 0.05) is 31.1 Å². The Labute approximate surface area is 146 Å². The lowest BCUT2D eigenvalue weighted by Gasteiger charge is -2.14. The number of hydrogen-bond donors (Lipinski definition) is 1. The zero-order chi connectivity index (χ0) is 17.2. The molecule has 2 aromatic rings. The lowest BCUT2D eigenvalue weighted by molar-refractivity contribution is 0.236. The van der Waals surface area contributed by atoms with Gasteiger partial charge in [-0.25, -0.2) is 0 Å². The smallest absolute Gasteiger partial charge is 0.227 e. The highest BCUT2D eigenvalue weighted by atomic mass is 16.5. The summed E-state index contributed by atoms with van der Waals surface area (Å²) in [5.41, 5.74) is 8.37. The highest BCUT2D eigenvalue weighted by Crippen LogP contribution is 2.24. The van der Waals surface area contributed by atoms with Crippen molar-refractivity contribution >= 4 is 0 Å². The largest absolute Gasteiger partial charge is 0.486 e. The third kappa shape index (κ3) is 3.67. The second-order valence-electron chi connectivity index (χ2n) is 6.84. The first-order valence-electron chi connectivity index (χ1n) is 8.65. The molecule has 5 nitrogen and oxygen atoms in total. The van der Waals surface area contributed by atoms with E-state index in [1.807, 2.05) is 12.2 Å². The Morgan fingerprint density at radius 1 is 1.20 bits per heavy atom. The van der Waals surface area contributed by atoms with Crippen LogP contribution in [0.15, 0.2) is 58.0 Å². The topological polar surface area (TPSA) is 68.7 Å². The Bertz CT molecular complexity index is 818. The van der Waals surface area contributed by atoms with Crippen molar-refractivity contribution in [1.82, 2.24) is 4.90 Å². The molecule has 25 heavy (non-hydrogen) atoms. The van der Waals surface area contributed by atoms with Crippen LogP contribution in [0.25, 0.3) is 0 Å². The van der Waals surface area contributed by atoms with Crippen LogP contribution in [0.5, 0.6) is 5.75 Å². The van der Waals surface area contributed by atoms with E-state index in [0.29, 0.717) is 18.9 Å². The number of fused-ring (bicyclic) bond motifs is 1. The van der Waals surface area contributed by atoms with Crippen molar-refractivity contribution in [2.24, 2.45) is 11.7 Å². The van der Waals surface area contributed by atoms with Gasteiger partial charge in [0.1, 0.15) is 12.0 Å². The minimum Gasteiger partial charge on any atom is -0.486 e. The summed E-state index contributed by atoms with van der Waals surface area (Å²) in [5.74, 6) is 1.19. The van der Waals surface area contributed by atoms with Gasteiger partial charge >= 0.3 is 0 Å². The molecule has 4 rings (SSSR count). The van der Waals surface area contributed by atoms with E-state index < -0.39 is 0 Å². The van der Waals surface area contributed by atoms with Crippen molar-refractivity contribution < 1.29 is 9.15 Å². The SMILES string of the molecule is N[C@@H]1C=CC(COc2coc(CN3Cc4ccccc4C3)cc2=O)C1. The standard InChI is InChI=1S/C20H22N2O3/c21-17-6-5-14(7-17)12-25-20-13-24-18(8-19(20)23)11-22-9-15-3-1-2-4-16(15)10-22/h1-6,8,13-14,17H,7,9-12,21H2/t14?,17-/m1/s1. The number of ether oxygens (including phenoxy) is 1. The van der Waals surface area contributed by atoms with Crippen LogP contribution < -0.4 is 15.9 Å². The number of nitrogens with zero attached hydrogens (tertiary/aromatic N) is 1. The van der Waals surface area contributed by atoms with E-state index in [1.54, 1.807) is 0 Å². The minimum absolute atomic E-state index is 0.0944. The van der Waals surface area contributed by atoms with E-state index in [0.717, 1.165) is 19.5 Å². The molecule has 1 aromatic carbocycles. The fourth-order valence-electron chi connectivity index (χ4n) is 3.49. The summed E-state index contributed by atoms with van der Waals surface area (Å²) in [6.07, 6.45) is 6.32.